The van der Waals surface area contributed by atoms with Crippen LogP contribution in [0.25, 0.3) is 28.0 Å². The van der Waals surface area contributed by atoms with Gasteiger partial charge in [-0.25, -0.2) is 4.99 Å². The molecule has 7 heteroatoms. The average Bonchev–Trinajstić information content (AvgIpc) is 1.39. The summed E-state index contributed by atoms with van der Waals surface area (Å²) in [6, 6.07) is 120. The Morgan fingerprint density at radius 3 is 1.45 bits per heavy atom. The molecule has 5 N–H and O–H groups in total. The molecule has 5 aliphatic rings. The van der Waals surface area contributed by atoms with Gasteiger partial charge in [-0.05, 0) is 161 Å². The molecule has 0 radical (unpaired) electrons. The SMILES string of the molecule is NC(=CC(NCc1ccccc1)c1ccccc1)c1ccc2c(c1)-c1ccccc1C21c2ccccc2N(c2ccccc2)c2cc3c(cc21)N(c1ccccc1)c1ccccc1C31c2ccccc2-c2cc(C3N=C(c4ccccc4)NC(c4ccccc4)N3)ccc21. The van der Waals surface area contributed by atoms with Crippen LogP contribution >= 0.6 is 0 Å². The molecule has 2 aliphatic carbocycles. The van der Waals surface area contributed by atoms with Crippen LogP contribution in [0.15, 0.2) is 339 Å². The highest BCUT2D eigenvalue weighted by Gasteiger charge is 2.56. The summed E-state index contributed by atoms with van der Waals surface area (Å²) >= 11 is 0. The second-order valence-corrected chi connectivity index (χ2v) is 25.2. The van der Waals surface area contributed by atoms with E-state index in [1.165, 1.54) is 72.3 Å². The lowest BCUT2D eigenvalue weighted by molar-refractivity contribution is 0.409. The van der Waals surface area contributed by atoms with Gasteiger partial charge in [-0.1, -0.05) is 267 Å². The first-order valence-electron chi connectivity index (χ1n) is 32.6. The second kappa shape index (κ2) is 22.4. The number of hydrogen-bond acceptors (Lipinski definition) is 7. The standard InChI is InChI=1S/C87H65N7/c88-77(55-78(58-29-9-2-10-30-58)89-56-57-27-7-1-8-28-57)61-47-49-71-67(51-61)65-39-19-21-41-69(65)86(71)73-43-23-25-45-79(73)93(63-35-15-5-16-36-63)81-54-76-82(53-75(81)86)94(64-37-17-6-18-38-64)80-46-26-24-44-74(80)87(76)70-42-22-20-40-66(70)68-52-62(48-50-72(68)87)85-91-83(59-31-11-3-12-32-59)90-84(92-85)60-33-13-4-14-34-60/h1-55,78,83,85,89,91H,56,88H2,(H,90,92). The molecule has 0 saturated heterocycles. The third kappa shape index (κ3) is 8.55. The first-order chi connectivity index (χ1) is 46.5. The number of nitrogens with one attached hydrogen (secondary N) is 3. The molecule has 0 aromatic heterocycles. The van der Waals surface area contributed by atoms with Crippen LogP contribution in [0, 0.1) is 0 Å². The van der Waals surface area contributed by atoms with Crippen LogP contribution in [0.3, 0.4) is 0 Å². The summed E-state index contributed by atoms with van der Waals surface area (Å²) in [6.45, 7) is 0.694. The largest absolute Gasteiger partial charge is 0.398 e. The number of rotatable bonds is 11. The maximum atomic E-state index is 7.43. The van der Waals surface area contributed by atoms with E-state index in [-0.39, 0.29) is 18.4 Å². The third-order valence-electron chi connectivity index (χ3n) is 20.2. The van der Waals surface area contributed by atoms with E-state index < -0.39 is 10.8 Å². The number of aliphatic imine (C=N–C) groups is 1. The molecule has 0 amide bonds. The normalized spacial score (nSPS) is 18.7. The molecule has 7 nitrogen and oxygen atoms in total. The van der Waals surface area contributed by atoms with Gasteiger partial charge in [-0.15, -0.1) is 0 Å². The summed E-state index contributed by atoms with van der Waals surface area (Å²) in [7, 11) is 0. The summed E-state index contributed by atoms with van der Waals surface area (Å²) in [6.07, 6.45) is 1.66. The minimum atomic E-state index is -0.787. The Morgan fingerprint density at radius 2 is 0.872 bits per heavy atom. The fraction of sp³-hybridized carbons (Fsp3) is 0.0690. The fourth-order valence-electron chi connectivity index (χ4n) is 16.2. The quantitative estimate of drug-likeness (QED) is 0.103. The van der Waals surface area contributed by atoms with Crippen molar-refractivity contribution in [2.24, 2.45) is 10.7 Å². The van der Waals surface area contributed by atoms with Gasteiger partial charge in [0.25, 0.3) is 0 Å². The van der Waals surface area contributed by atoms with Crippen LogP contribution in [-0.4, -0.2) is 5.84 Å². The summed E-state index contributed by atoms with van der Waals surface area (Å²) < 4.78 is 0. The van der Waals surface area contributed by atoms with Crippen LogP contribution in [0.1, 0.15) is 96.3 Å². The molecule has 0 bridgehead atoms. The predicted octanol–water partition coefficient (Wildman–Crippen LogP) is 19.1. The van der Waals surface area contributed by atoms with E-state index >= 15 is 0 Å². The topological polar surface area (TPSA) is 81.0 Å². The van der Waals surface area contributed by atoms with Crippen molar-refractivity contribution in [3.8, 4) is 22.3 Å². The number of benzene rings is 13. The zero-order valence-corrected chi connectivity index (χ0v) is 51.6. The van der Waals surface area contributed by atoms with Crippen molar-refractivity contribution in [3.63, 3.8) is 0 Å². The molecule has 5 atom stereocenters. The molecule has 448 valence electrons. The van der Waals surface area contributed by atoms with E-state index in [9.17, 15) is 0 Å². The molecule has 2 spiro atoms. The third-order valence-corrected chi connectivity index (χ3v) is 20.2. The van der Waals surface area contributed by atoms with Crippen molar-refractivity contribution in [1.29, 1.82) is 0 Å². The molecular formula is C87H65N7. The van der Waals surface area contributed by atoms with Gasteiger partial charge in [0.2, 0.25) is 0 Å². The lowest BCUT2D eigenvalue weighted by Gasteiger charge is -2.49. The Labute approximate surface area is 548 Å². The van der Waals surface area contributed by atoms with Gasteiger partial charge in [0.1, 0.15) is 18.2 Å². The van der Waals surface area contributed by atoms with E-state index in [2.05, 4.69) is 359 Å². The van der Waals surface area contributed by atoms with Crippen molar-refractivity contribution < 1.29 is 0 Å². The van der Waals surface area contributed by atoms with Gasteiger partial charge in [-0.2, -0.15) is 0 Å². The number of nitrogens with two attached hydrogens (primary N) is 1. The van der Waals surface area contributed by atoms with Gasteiger partial charge in [0.05, 0.1) is 39.6 Å². The molecule has 0 fully saturated rings. The van der Waals surface area contributed by atoms with E-state index in [4.69, 9.17) is 10.7 Å². The van der Waals surface area contributed by atoms with Gasteiger partial charge in [-0.3, -0.25) is 5.32 Å². The molecule has 0 saturated carbocycles. The van der Waals surface area contributed by atoms with Gasteiger partial charge in [0.15, 0.2) is 0 Å². The van der Waals surface area contributed by atoms with Crippen LogP contribution < -0.4 is 31.5 Å². The number of para-hydroxylation sites is 4. The van der Waals surface area contributed by atoms with Crippen molar-refractivity contribution in [1.82, 2.24) is 16.0 Å². The molecule has 13 aromatic carbocycles. The molecular weight excluding hydrogens is 1140 g/mol. The predicted molar refractivity (Wildman–Crippen MR) is 383 cm³/mol. The Balaban J connectivity index is 0.879. The molecule has 94 heavy (non-hydrogen) atoms. The van der Waals surface area contributed by atoms with Crippen LogP contribution in [0.4, 0.5) is 34.1 Å². The van der Waals surface area contributed by atoms with Crippen molar-refractivity contribution in [2.45, 2.75) is 35.7 Å². The lowest BCUT2D eigenvalue weighted by Crippen LogP contribution is -2.45. The zero-order chi connectivity index (χ0) is 62.3. The highest BCUT2D eigenvalue weighted by molar-refractivity contribution is 6.03. The summed E-state index contributed by atoms with van der Waals surface area (Å²) in [5.41, 5.74) is 34.4. The Morgan fingerprint density at radius 1 is 0.415 bits per heavy atom. The highest BCUT2D eigenvalue weighted by atomic mass is 15.3. The fourth-order valence-corrected chi connectivity index (χ4v) is 16.2. The van der Waals surface area contributed by atoms with Gasteiger partial charge in [0, 0.05) is 29.2 Å². The highest BCUT2D eigenvalue weighted by Crippen LogP contribution is 2.69. The number of nitrogens with zero attached hydrogens (tertiary/aromatic N) is 3. The van der Waals surface area contributed by atoms with E-state index in [0.717, 1.165) is 67.8 Å². The smallest absolute Gasteiger partial charge is 0.131 e. The van der Waals surface area contributed by atoms with E-state index in [1.807, 2.05) is 0 Å². The van der Waals surface area contributed by atoms with Crippen molar-refractivity contribution in [3.05, 3.63) is 412 Å². The Kier molecular flexibility index (Phi) is 13.1. The zero-order valence-electron chi connectivity index (χ0n) is 51.6. The molecule has 13 aromatic rings. The minimum absolute atomic E-state index is 0.135. The van der Waals surface area contributed by atoms with Crippen LogP contribution in [-0.2, 0) is 17.4 Å². The van der Waals surface area contributed by atoms with Crippen LogP contribution in [0.2, 0.25) is 0 Å². The monoisotopic (exact) mass is 1210 g/mol. The van der Waals surface area contributed by atoms with Gasteiger partial charge < -0.3 is 26.2 Å². The maximum Gasteiger partial charge on any atom is 0.131 e. The van der Waals surface area contributed by atoms with Crippen molar-refractivity contribution >= 4 is 45.7 Å². The summed E-state index contributed by atoms with van der Waals surface area (Å²) in [5, 5.41) is 11.5. The maximum absolute atomic E-state index is 7.43. The summed E-state index contributed by atoms with van der Waals surface area (Å²) in [4.78, 5) is 10.6. The molecule has 5 unspecified atom stereocenters. The molecule has 18 rings (SSSR count). The second-order valence-electron chi connectivity index (χ2n) is 25.2. The number of hydrogen-bond donors (Lipinski definition) is 4. The molecule has 3 heterocycles. The average molecular weight is 1210 g/mol. The van der Waals surface area contributed by atoms with Gasteiger partial charge >= 0.3 is 0 Å². The number of amidine groups is 1. The first kappa shape index (κ1) is 55.2. The Bertz CT molecular complexity index is 5130. The summed E-state index contributed by atoms with van der Waals surface area (Å²) in [5.74, 6) is 0.854. The molecule has 3 aliphatic heterocycles. The lowest BCUT2D eigenvalue weighted by atomic mass is 9.61. The first-order valence-corrected chi connectivity index (χ1v) is 32.6. The number of anilines is 6. The van der Waals surface area contributed by atoms with Crippen LogP contribution in [0.5, 0.6) is 0 Å². The van der Waals surface area contributed by atoms with E-state index in [0.29, 0.717) is 12.2 Å². The van der Waals surface area contributed by atoms with E-state index in [1.54, 1.807) is 0 Å². The Hall–Kier alpha value is -11.6. The minimum Gasteiger partial charge on any atom is -0.398 e. The van der Waals surface area contributed by atoms with Crippen molar-refractivity contribution in [2.75, 3.05) is 9.80 Å². The number of fused-ring (bicyclic) bond motifs is 18.